The second-order valence-corrected chi connectivity index (χ2v) is 4.34. The summed E-state index contributed by atoms with van der Waals surface area (Å²) in [5.74, 6) is 5.34. The normalized spacial score (nSPS) is 14.6. The van der Waals surface area contributed by atoms with Crippen molar-refractivity contribution in [1.29, 1.82) is 0 Å². The fraction of sp³-hybridized carbons (Fsp3) is 0.538. The lowest BCUT2D eigenvalue weighted by molar-refractivity contribution is 0.106. The van der Waals surface area contributed by atoms with Gasteiger partial charge in [-0.15, -0.1) is 0 Å². The lowest BCUT2D eigenvalue weighted by Crippen LogP contribution is -2.29. The van der Waals surface area contributed by atoms with E-state index in [1.807, 2.05) is 13.8 Å². The molecule has 2 unspecified atom stereocenters. The van der Waals surface area contributed by atoms with Crippen molar-refractivity contribution in [1.82, 2.24) is 5.43 Å². The Kier molecular flexibility index (Phi) is 5.55. The number of halogens is 1. The first-order valence-electron chi connectivity index (χ1n) is 5.83. The third kappa shape index (κ3) is 4.07. The van der Waals surface area contributed by atoms with Crippen LogP contribution < -0.4 is 11.3 Å². The van der Waals surface area contributed by atoms with E-state index in [-0.39, 0.29) is 18.0 Å². The summed E-state index contributed by atoms with van der Waals surface area (Å²) in [6.07, 6.45) is 1.96. The summed E-state index contributed by atoms with van der Waals surface area (Å²) in [6, 6.07) is 4.81. The predicted octanol–water partition coefficient (Wildman–Crippen LogP) is 2.45. The maximum absolute atomic E-state index is 13.0. The summed E-state index contributed by atoms with van der Waals surface area (Å²) >= 11 is 0. The highest BCUT2D eigenvalue weighted by atomic mass is 19.1. The van der Waals surface area contributed by atoms with Gasteiger partial charge in [0.2, 0.25) is 0 Å². The van der Waals surface area contributed by atoms with Gasteiger partial charge < -0.3 is 4.74 Å². The molecular weight excluding hydrogens is 219 g/mol. The molecule has 1 rings (SSSR count). The van der Waals surface area contributed by atoms with Crippen molar-refractivity contribution in [2.45, 2.75) is 38.8 Å². The number of rotatable bonds is 6. The first kappa shape index (κ1) is 14.1. The second-order valence-electron chi connectivity index (χ2n) is 4.34. The van der Waals surface area contributed by atoms with Gasteiger partial charge in [0.25, 0.3) is 0 Å². The molecule has 2 atom stereocenters. The molecule has 0 radical (unpaired) electrons. The van der Waals surface area contributed by atoms with Crippen LogP contribution in [0.4, 0.5) is 4.39 Å². The van der Waals surface area contributed by atoms with Crippen molar-refractivity contribution in [3.8, 4) is 0 Å². The summed E-state index contributed by atoms with van der Waals surface area (Å²) in [5.41, 5.74) is 4.73. The number of benzene rings is 1. The predicted molar refractivity (Wildman–Crippen MR) is 66.9 cm³/mol. The second kappa shape index (κ2) is 6.69. The average molecular weight is 240 g/mol. The van der Waals surface area contributed by atoms with Crippen molar-refractivity contribution in [2.24, 2.45) is 5.84 Å². The Bertz CT molecular complexity index is 357. The monoisotopic (exact) mass is 240 g/mol. The molecule has 3 nitrogen and oxygen atoms in total. The molecule has 0 spiro atoms. The summed E-state index contributed by atoms with van der Waals surface area (Å²) in [6.45, 7) is 3.91. The third-order valence-corrected chi connectivity index (χ3v) is 3.07. The highest BCUT2D eigenvalue weighted by Crippen LogP contribution is 2.23. The van der Waals surface area contributed by atoms with Crippen LogP contribution in [0, 0.1) is 12.7 Å². The van der Waals surface area contributed by atoms with E-state index >= 15 is 0 Å². The van der Waals surface area contributed by atoms with Gasteiger partial charge in [0.05, 0.1) is 6.10 Å². The number of nitrogens with one attached hydrogen (secondary N) is 1. The fourth-order valence-corrected chi connectivity index (χ4v) is 1.88. The van der Waals surface area contributed by atoms with Gasteiger partial charge in [0.15, 0.2) is 0 Å². The molecule has 0 aliphatic carbocycles. The van der Waals surface area contributed by atoms with E-state index in [1.165, 1.54) is 12.1 Å². The van der Waals surface area contributed by atoms with Gasteiger partial charge in [-0.3, -0.25) is 11.3 Å². The highest BCUT2D eigenvalue weighted by molar-refractivity contribution is 5.29. The van der Waals surface area contributed by atoms with E-state index in [9.17, 15) is 4.39 Å². The number of hydrogen-bond acceptors (Lipinski definition) is 3. The molecule has 0 heterocycles. The summed E-state index contributed by atoms with van der Waals surface area (Å²) in [7, 11) is 1.69. The first-order valence-corrected chi connectivity index (χ1v) is 5.83. The molecule has 0 aliphatic rings. The first-order chi connectivity index (χ1) is 8.08. The number of methoxy groups -OCH3 is 1. The van der Waals surface area contributed by atoms with Crippen molar-refractivity contribution in [3.05, 3.63) is 35.1 Å². The van der Waals surface area contributed by atoms with Crippen LogP contribution in [0.15, 0.2) is 18.2 Å². The molecule has 0 fully saturated rings. The van der Waals surface area contributed by atoms with Crippen LogP contribution in [0.2, 0.25) is 0 Å². The van der Waals surface area contributed by atoms with Crippen molar-refractivity contribution in [2.75, 3.05) is 7.11 Å². The zero-order chi connectivity index (χ0) is 12.8. The Morgan fingerprint density at radius 3 is 2.65 bits per heavy atom. The summed E-state index contributed by atoms with van der Waals surface area (Å²) in [4.78, 5) is 0. The van der Waals surface area contributed by atoms with Crippen LogP contribution in [0.5, 0.6) is 0 Å². The van der Waals surface area contributed by atoms with E-state index < -0.39 is 0 Å². The van der Waals surface area contributed by atoms with E-state index in [0.717, 1.165) is 24.0 Å². The molecule has 0 bridgehead atoms. The Morgan fingerprint density at radius 1 is 1.41 bits per heavy atom. The quantitative estimate of drug-likeness (QED) is 0.593. The number of hydrazine groups is 1. The number of ether oxygens (including phenoxy) is 1. The van der Waals surface area contributed by atoms with Gasteiger partial charge in [0, 0.05) is 13.2 Å². The Morgan fingerprint density at radius 2 is 2.12 bits per heavy atom. The maximum atomic E-state index is 13.0. The Balaban J connectivity index is 2.72. The molecule has 4 heteroatoms. The zero-order valence-electron chi connectivity index (χ0n) is 10.7. The topological polar surface area (TPSA) is 47.3 Å². The van der Waals surface area contributed by atoms with Crippen LogP contribution in [-0.2, 0) is 4.74 Å². The fourth-order valence-electron chi connectivity index (χ4n) is 1.88. The van der Waals surface area contributed by atoms with E-state index in [4.69, 9.17) is 10.6 Å². The minimum absolute atomic E-state index is 0.0354. The minimum Gasteiger partial charge on any atom is -0.382 e. The Labute approximate surface area is 102 Å². The lowest BCUT2D eigenvalue weighted by atomic mass is 9.97. The smallest absolute Gasteiger partial charge is 0.123 e. The molecule has 0 saturated heterocycles. The van der Waals surface area contributed by atoms with Crippen molar-refractivity contribution in [3.63, 3.8) is 0 Å². The molecule has 96 valence electrons. The van der Waals surface area contributed by atoms with Gasteiger partial charge in [-0.05, 0) is 49.9 Å². The zero-order valence-corrected chi connectivity index (χ0v) is 10.7. The van der Waals surface area contributed by atoms with E-state index in [1.54, 1.807) is 13.2 Å². The molecule has 0 aromatic heterocycles. The summed E-state index contributed by atoms with van der Waals surface area (Å²) in [5, 5.41) is 0. The SMILES string of the molecule is COC(C)CCC(NN)c1ccc(F)cc1C. The molecule has 0 amide bonds. The van der Waals surface area contributed by atoms with Gasteiger partial charge in [0.1, 0.15) is 5.82 Å². The number of nitrogens with two attached hydrogens (primary N) is 1. The number of aryl methyl sites for hydroxylation is 1. The van der Waals surface area contributed by atoms with E-state index in [2.05, 4.69) is 5.43 Å². The number of hydrogen-bond donors (Lipinski definition) is 2. The molecule has 1 aromatic rings. The molecule has 0 saturated carbocycles. The van der Waals surface area contributed by atoms with Crippen LogP contribution in [-0.4, -0.2) is 13.2 Å². The molecule has 1 aromatic carbocycles. The molecule has 0 aliphatic heterocycles. The molecule has 3 N–H and O–H groups in total. The average Bonchev–Trinajstić information content (AvgIpc) is 2.31. The van der Waals surface area contributed by atoms with Gasteiger partial charge in [-0.25, -0.2) is 4.39 Å². The standard InChI is InChI=1S/C13H21FN2O/c1-9-8-11(14)5-6-12(9)13(16-15)7-4-10(2)17-3/h5-6,8,10,13,16H,4,7,15H2,1-3H3. The van der Waals surface area contributed by atoms with Crippen molar-refractivity contribution >= 4 is 0 Å². The van der Waals surface area contributed by atoms with E-state index in [0.29, 0.717) is 0 Å². The minimum atomic E-state index is -0.215. The highest BCUT2D eigenvalue weighted by Gasteiger charge is 2.14. The van der Waals surface area contributed by atoms with Gasteiger partial charge >= 0.3 is 0 Å². The van der Waals surface area contributed by atoms with Gasteiger partial charge in [-0.2, -0.15) is 0 Å². The van der Waals surface area contributed by atoms with Crippen LogP contribution >= 0.6 is 0 Å². The lowest BCUT2D eigenvalue weighted by Gasteiger charge is -2.20. The van der Waals surface area contributed by atoms with Crippen LogP contribution in [0.25, 0.3) is 0 Å². The maximum Gasteiger partial charge on any atom is 0.123 e. The molecule has 17 heavy (non-hydrogen) atoms. The molecular formula is C13H21FN2O. The largest absolute Gasteiger partial charge is 0.382 e. The summed E-state index contributed by atoms with van der Waals surface area (Å²) < 4.78 is 18.2. The van der Waals surface area contributed by atoms with Crippen LogP contribution in [0.1, 0.15) is 36.9 Å². The van der Waals surface area contributed by atoms with Crippen LogP contribution in [0.3, 0.4) is 0 Å². The third-order valence-electron chi connectivity index (χ3n) is 3.07. The van der Waals surface area contributed by atoms with Gasteiger partial charge in [-0.1, -0.05) is 6.07 Å². The van der Waals surface area contributed by atoms with Crippen molar-refractivity contribution < 1.29 is 9.13 Å². The Hall–Kier alpha value is -0.970.